The Morgan fingerprint density at radius 3 is 2.86 bits per heavy atom. The highest BCUT2D eigenvalue weighted by atomic mass is 32.2. The number of aliphatic hydroxyl groups excluding tert-OH is 1. The normalized spacial score (nSPS) is 26.6. The number of anilines is 1. The second kappa shape index (κ2) is 4.19. The van der Waals surface area contributed by atoms with Crippen LogP contribution in [0.25, 0.3) is 0 Å². The largest absolute Gasteiger partial charge is 0.392 e. The molecule has 3 nitrogen and oxygen atoms in total. The number of hydrogen-bond donors (Lipinski definition) is 2. The van der Waals surface area contributed by atoms with Crippen LogP contribution in [0, 0.1) is 0 Å². The van der Waals surface area contributed by atoms with E-state index in [9.17, 15) is 5.11 Å². The third-order valence-electron chi connectivity index (χ3n) is 2.46. The first-order chi connectivity index (χ1) is 6.75. The summed E-state index contributed by atoms with van der Waals surface area (Å²) in [6.07, 6.45) is 4.76. The summed E-state index contributed by atoms with van der Waals surface area (Å²) in [7, 11) is 0. The van der Waals surface area contributed by atoms with E-state index < -0.39 is 0 Å². The maximum atomic E-state index is 9.64. The summed E-state index contributed by atoms with van der Waals surface area (Å²) < 4.78 is 0. The summed E-state index contributed by atoms with van der Waals surface area (Å²) in [4.78, 5) is 5.11. The smallest absolute Gasteiger partial charge is 0.123 e. The quantitative estimate of drug-likeness (QED) is 0.779. The highest BCUT2D eigenvalue weighted by Crippen LogP contribution is 2.34. The molecule has 1 fully saturated rings. The fourth-order valence-electron chi connectivity index (χ4n) is 1.68. The molecule has 0 amide bonds. The zero-order valence-corrected chi connectivity index (χ0v) is 8.70. The average molecular weight is 210 g/mol. The van der Waals surface area contributed by atoms with Gasteiger partial charge in [0.05, 0.1) is 6.10 Å². The van der Waals surface area contributed by atoms with Crippen LogP contribution in [0.5, 0.6) is 0 Å². The molecule has 0 saturated heterocycles. The highest BCUT2D eigenvalue weighted by Gasteiger charge is 2.25. The molecule has 2 rings (SSSR count). The number of aliphatic hydroxyl groups is 1. The molecule has 1 saturated carbocycles. The highest BCUT2D eigenvalue weighted by molar-refractivity contribution is 8.00. The van der Waals surface area contributed by atoms with Gasteiger partial charge in [0.1, 0.15) is 5.82 Å². The van der Waals surface area contributed by atoms with E-state index in [0.29, 0.717) is 11.1 Å². The fraction of sp³-hybridized carbons (Fsp3) is 0.500. The van der Waals surface area contributed by atoms with Crippen molar-refractivity contribution in [1.29, 1.82) is 0 Å². The predicted molar refractivity (Wildman–Crippen MR) is 58.2 cm³/mol. The number of hydrogen-bond acceptors (Lipinski definition) is 4. The molecule has 1 aliphatic carbocycles. The van der Waals surface area contributed by atoms with Gasteiger partial charge in [0.25, 0.3) is 0 Å². The lowest BCUT2D eigenvalue weighted by Crippen LogP contribution is -2.14. The van der Waals surface area contributed by atoms with Gasteiger partial charge in [0, 0.05) is 16.3 Å². The van der Waals surface area contributed by atoms with Gasteiger partial charge in [0.15, 0.2) is 0 Å². The molecule has 14 heavy (non-hydrogen) atoms. The van der Waals surface area contributed by atoms with E-state index in [2.05, 4.69) is 4.98 Å². The molecule has 4 heteroatoms. The number of nitrogen functional groups attached to an aromatic ring is 1. The first-order valence-corrected chi connectivity index (χ1v) is 5.70. The van der Waals surface area contributed by atoms with Gasteiger partial charge in [-0.1, -0.05) is 0 Å². The van der Waals surface area contributed by atoms with Crippen LogP contribution in [0.1, 0.15) is 19.3 Å². The summed E-state index contributed by atoms with van der Waals surface area (Å²) in [5.41, 5.74) is 5.49. The fourth-order valence-corrected chi connectivity index (χ4v) is 2.87. The molecule has 0 aliphatic heterocycles. The maximum absolute atomic E-state index is 9.64. The number of thioether (sulfide) groups is 1. The lowest BCUT2D eigenvalue weighted by molar-refractivity contribution is 0.188. The van der Waals surface area contributed by atoms with Crippen molar-refractivity contribution in [3.8, 4) is 0 Å². The SMILES string of the molecule is Nc1ccc(SC2CCCC2O)cn1. The Bertz CT molecular complexity index is 301. The summed E-state index contributed by atoms with van der Waals surface area (Å²) in [5, 5.41) is 9.97. The number of rotatable bonds is 2. The van der Waals surface area contributed by atoms with Crippen LogP contribution in [0.15, 0.2) is 23.2 Å². The topological polar surface area (TPSA) is 59.1 Å². The van der Waals surface area contributed by atoms with E-state index >= 15 is 0 Å². The van der Waals surface area contributed by atoms with Crippen molar-refractivity contribution in [3.05, 3.63) is 18.3 Å². The average Bonchev–Trinajstić information content (AvgIpc) is 2.56. The van der Waals surface area contributed by atoms with Crippen LogP contribution in [0.2, 0.25) is 0 Å². The van der Waals surface area contributed by atoms with Crippen molar-refractivity contribution < 1.29 is 5.11 Å². The molecule has 0 spiro atoms. The predicted octanol–water partition coefficient (Wildman–Crippen LogP) is 1.67. The Morgan fingerprint density at radius 1 is 1.43 bits per heavy atom. The molecule has 2 unspecified atom stereocenters. The van der Waals surface area contributed by atoms with Gasteiger partial charge in [-0.15, -0.1) is 11.8 Å². The molecule has 2 atom stereocenters. The first kappa shape index (κ1) is 9.80. The molecule has 1 aromatic heterocycles. The number of nitrogens with zero attached hydrogens (tertiary/aromatic N) is 1. The minimum atomic E-state index is -0.155. The maximum Gasteiger partial charge on any atom is 0.123 e. The minimum Gasteiger partial charge on any atom is -0.392 e. The van der Waals surface area contributed by atoms with Crippen LogP contribution in [-0.2, 0) is 0 Å². The van der Waals surface area contributed by atoms with E-state index in [-0.39, 0.29) is 6.10 Å². The Kier molecular flexibility index (Phi) is 2.93. The molecule has 3 N–H and O–H groups in total. The van der Waals surface area contributed by atoms with Gasteiger partial charge in [-0.05, 0) is 31.4 Å². The Balaban J connectivity index is 2.00. The first-order valence-electron chi connectivity index (χ1n) is 4.82. The lowest BCUT2D eigenvalue weighted by Gasteiger charge is -2.13. The Hall–Kier alpha value is -0.740. The molecule has 1 aromatic rings. The van der Waals surface area contributed by atoms with Crippen LogP contribution in [0.4, 0.5) is 5.82 Å². The number of nitrogens with two attached hydrogens (primary N) is 1. The van der Waals surface area contributed by atoms with E-state index in [4.69, 9.17) is 5.73 Å². The van der Waals surface area contributed by atoms with Gasteiger partial charge in [-0.3, -0.25) is 0 Å². The molecule has 1 aliphatic rings. The van der Waals surface area contributed by atoms with Crippen LogP contribution in [-0.4, -0.2) is 21.4 Å². The van der Waals surface area contributed by atoms with E-state index in [0.717, 1.165) is 24.2 Å². The zero-order valence-electron chi connectivity index (χ0n) is 7.89. The number of pyridine rings is 1. The van der Waals surface area contributed by atoms with Gasteiger partial charge in [0.2, 0.25) is 0 Å². The van der Waals surface area contributed by atoms with Gasteiger partial charge < -0.3 is 10.8 Å². The van der Waals surface area contributed by atoms with Gasteiger partial charge >= 0.3 is 0 Å². The Labute approximate surface area is 87.7 Å². The summed E-state index contributed by atoms with van der Waals surface area (Å²) in [6.45, 7) is 0. The molecule has 1 heterocycles. The standard InChI is InChI=1S/C10H14N2OS/c11-10-5-4-7(6-12-10)14-9-3-1-2-8(9)13/h4-6,8-9,13H,1-3H2,(H2,11,12). The van der Waals surface area contributed by atoms with Crippen molar-refractivity contribution in [3.63, 3.8) is 0 Å². The van der Waals surface area contributed by atoms with Crippen LogP contribution >= 0.6 is 11.8 Å². The van der Waals surface area contributed by atoms with Gasteiger partial charge in [-0.2, -0.15) is 0 Å². The molecular weight excluding hydrogens is 196 g/mol. The third kappa shape index (κ3) is 2.19. The Morgan fingerprint density at radius 2 is 2.29 bits per heavy atom. The van der Waals surface area contributed by atoms with Crippen LogP contribution in [0.3, 0.4) is 0 Å². The van der Waals surface area contributed by atoms with Crippen LogP contribution < -0.4 is 5.73 Å². The van der Waals surface area contributed by atoms with E-state index in [1.165, 1.54) is 0 Å². The zero-order chi connectivity index (χ0) is 9.97. The second-order valence-corrected chi connectivity index (χ2v) is 4.89. The molecule has 0 bridgehead atoms. The van der Waals surface area contributed by atoms with Crippen molar-refractivity contribution in [2.24, 2.45) is 0 Å². The molecule has 76 valence electrons. The summed E-state index contributed by atoms with van der Waals surface area (Å²) in [6, 6.07) is 3.75. The molecule has 0 radical (unpaired) electrons. The van der Waals surface area contributed by atoms with E-state index in [1.54, 1.807) is 24.0 Å². The summed E-state index contributed by atoms with van der Waals surface area (Å²) in [5.74, 6) is 0.543. The van der Waals surface area contributed by atoms with E-state index in [1.807, 2.05) is 6.07 Å². The monoisotopic (exact) mass is 210 g/mol. The molecular formula is C10H14N2OS. The van der Waals surface area contributed by atoms with Crippen molar-refractivity contribution in [1.82, 2.24) is 4.98 Å². The second-order valence-electron chi connectivity index (χ2n) is 3.57. The molecule has 0 aromatic carbocycles. The lowest BCUT2D eigenvalue weighted by atomic mass is 10.3. The van der Waals surface area contributed by atoms with Crippen molar-refractivity contribution >= 4 is 17.6 Å². The van der Waals surface area contributed by atoms with Crippen molar-refractivity contribution in [2.45, 2.75) is 35.5 Å². The minimum absolute atomic E-state index is 0.155. The third-order valence-corrected chi connectivity index (χ3v) is 3.83. The summed E-state index contributed by atoms with van der Waals surface area (Å²) >= 11 is 1.70. The van der Waals surface area contributed by atoms with Gasteiger partial charge in [-0.25, -0.2) is 4.98 Å². The number of aromatic nitrogens is 1. The van der Waals surface area contributed by atoms with Crippen molar-refractivity contribution in [2.75, 3.05) is 5.73 Å².